The SMILES string of the molecule is COc1ccc(S(=O)(=O)Nc2ccc(I)cc2)cc1CO. The Balaban J connectivity index is 2.33. The summed E-state index contributed by atoms with van der Waals surface area (Å²) < 4.78 is 33.2. The lowest BCUT2D eigenvalue weighted by Gasteiger charge is -2.11. The highest BCUT2D eigenvalue weighted by atomic mass is 127. The molecule has 0 aliphatic rings. The number of hydrogen-bond acceptors (Lipinski definition) is 4. The Labute approximate surface area is 137 Å². The van der Waals surface area contributed by atoms with Crippen LogP contribution in [0.3, 0.4) is 0 Å². The summed E-state index contributed by atoms with van der Waals surface area (Å²) in [5.41, 5.74) is 0.903. The van der Waals surface area contributed by atoms with Crippen LogP contribution in [0.25, 0.3) is 0 Å². The third-order valence-electron chi connectivity index (χ3n) is 2.83. The maximum absolute atomic E-state index is 12.3. The Morgan fingerprint density at radius 2 is 1.86 bits per heavy atom. The molecule has 0 saturated heterocycles. The molecule has 0 aliphatic carbocycles. The van der Waals surface area contributed by atoms with E-state index in [1.54, 1.807) is 12.1 Å². The number of rotatable bonds is 5. The van der Waals surface area contributed by atoms with Crippen molar-refractivity contribution in [2.24, 2.45) is 0 Å². The Kier molecular flexibility index (Phi) is 5.07. The van der Waals surface area contributed by atoms with Crippen molar-refractivity contribution in [3.8, 4) is 5.75 Å². The fourth-order valence-electron chi connectivity index (χ4n) is 1.78. The van der Waals surface area contributed by atoms with Crippen molar-refractivity contribution in [2.45, 2.75) is 11.5 Å². The number of sulfonamides is 1. The first-order valence-electron chi connectivity index (χ1n) is 6.02. The number of halogens is 1. The maximum Gasteiger partial charge on any atom is 0.261 e. The molecule has 7 heteroatoms. The van der Waals surface area contributed by atoms with Crippen molar-refractivity contribution < 1.29 is 18.3 Å². The molecule has 2 rings (SSSR count). The van der Waals surface area contributed by atoms with Crippen molar-refractivity contribution in [1.82, 2.24) is 0 Å². The van der Waals surface area contributed by atoms with Crippen LogP contribution >= 0.6 is 22.6 Å². The monoisotopic (exact) mass is 419 g/mol. The van der Waals surface area contributed by atoms with Crippen molar-refractivity contribution in [1.29, 1.82) is 0 Å². The van der Waals surface area contributed by atoms with E-state index in [0.29, 0.717) is 17.0 Å². The van der Waals surface area contributed by atoms with Gasteiger partial charge in [-0.05, 0) is 65.1 Å². The lowest BCUT2D eigenvalue weighted by atomic mass is 10.2. The molecule has 0 amide bonds. The molecule has 0 radical (unpaired) electrons. The first kappa shape index (κ1) is 16.1. The van der Waals surface area contributed by atoms with E-state index in [9.17, 15) is 13.5 Å². The van der Waals surface area contributed by atoms with E-state index in [2.05, 4.69) is 27.3 Å². The topological polar surface area (TPSA) is 75.6 Å². The quantitative estimate of drug-likeness (QED) is 0.731. The maximum atomic E-state index is 12.3. The van der Waals surface area contributed by atoms with Gasteiger partial charge in [0.05, 0.1) is 18.6 Å². The highest BCUT2D eigenvalue weighted by molar-refractivity contribution is 14.1. The summed E-state index contributed by atoms with van der Waals surface area (Å²) in [5, 5.41) is 9.26. The Morgan fingerprint density at radius 1 is 1.19 bits per heavy atom. The predicted octanol–water partition coefficient (Wildman–Crippen LogP) is 2.59. The highest BCUT2D eigenvalue weighted by Crippen LogP contribution is 2.24. The van der Waals surface area contributed by atoms with Gasteiger partial charge in [-0.1, -0.05) is 0 Å². The predicted molar refractivity (Wildman–Crippen MR) is 88.9 cm³/mol. The molecule has 0 unspecified atom stereocenters. The molecular weight excluding hydrogens is 405 g/mol. The number of benzene rings is 2. The summed E-state index contributed by atoms with van der Waals surface area (Å²) in [6, 6.07) is 11.4. The van der Waals surface area contributed by atoms with Gasteiger partial charge in [-0.15, -0.1) is 0 Å². The molecule has 0 aliphatic heterocycles. The number of aliphatic hydroxyl groups excluding tert-OH is 1. The third-order valence-corrected chi connectivity index (χ3v) is 4.93. The number of hydrogen-bond donors (Lipinski definition) is 2. The second-order valence-corrected chi connectivity index (χ2v) is 7.17. The van der Waals surface area contributed by atoms with E-state index in [-0.39, 0.29) is 11.5 Å². The second kappa shape index (κ2) is 6.63. The summed E-state index contributed by atoms with van der Waals surface area (Å²) in [7, 11) is -2.24. The Bertz CT molecular complexity index is 729. The average Bonchev–Trinajstić information content (AvgIpc) is 2.48. The van der Waals surface area contributed by atoms with Crippen molar-refractivity contribution in [3.05, 3.63) is 51.6 Å². The van der Waals surface area contributed by atoms with Gasteiger partial charge in [-0.25, -0.2) is 8.42 Å². The molecule has 2 aromatic rings. The van der Waals surface area contributed by atoms with Gasteiger partial charge in [0.1, 0.15) is 5.75 Å². The van der Waals surface area contributed by atoms with Gasteiger partial charge in [0.25, 0.3) is 10.0 Å². The first-order chi connectivity index (χ1) is 9.96. The Morgan fingerprint density at radius 3 is 2.43 bits per heavy atom. The number of anilines is 1. The Hall–Kier alpha value is -1.32. The number of nitrogens with one attached hydrogen (secondary N) is 1. The molecule has 2 N–H and O–H groups in total. The van der Waals surface area contributed by atoms with E-state index >= 15 is 0 Å². The lowest BCUT2D eigenvalue weighted by molar-refractivity contribution is 0.273. The molecule has 0 aromatic heterocycles. The van der Waals surface area contributed by atoms with Gasteiger partial charge in [0, 0.05) is 14.8 Å². The zero-order chi connectivity index (χ0) is 15.5. The van der Waals surface area contributed by atoms with Gasteiger partial charge in [-0.2, -0.15) is 0 Å². The average molecular weight is 419 g/mol. The fraction of sp³-hybridized carbons (Fsp3) is 0.143. The highest BCUT2D eigenvalue weighted by Gasteiger charge is 2.16. The van der Waals surface area contributed by atoms with Crippen LogP contribution in [0.2, 0.25) is 0 Å². The molecule has 112 valence electrons. The molecular formula is C14H14INO4S. The zero-order valence-corrected chi connectivity index (χ0v) is 14.2. The molecule has 0 bridgehead atoms. The van der Waals surface area contributed by atoms with Gasteiger partial charge in [0.15, 0.2) is 0 Å². The van der Waals surface area contributed by atoms with Crippen LogP contribution in [0.15, 0.2) is 47.4 Å². The van der Waals surface area contributed by atoms with Crippen LogP contribution in [0.1, 0.15) is 5.56 Å². The zero-order valence-electron chi connectivity index (χ0n) is 11.2. The lowest BCUT2D eigenvalue weighted by Crippen LogP contribution is -2.13. The number of aliphatic hydroxyl groups is 1. The van der Waals surface area contributed by atoms with Crippen molar-refractivity contribution in [2.75, 3.05) is 11.8 Å². The van der Waals surface area contributed by atoms with Gasteiger partial charge in [0.2, 0.25) is 0 Å². The van der Waals surface area contributed by atoms with E-state index in [4.69, 9.17) is 4.74 Å². The van der Waals surface area contributed by atoms with E-state index in [1.165, 1.54) is 25.3 Å². The summed E-state index contributed by atoms with van der Waals surface area (Å²) in [6.45, 7) is -0.296. The molecule has 5 nitrogen and oxygen atoms in total. The van der Waals surface area contributed by atoms with E-state index in [0.717, 1.165) is 3.57 Å². The molecule has 0 heterocycles. The van der Waals surface area contributed by atoms with Crippen LogP contribution in [-0.2, 0) is 16.6 Å². The number of methoxy groups -OCH3 is 1. The second-order valence-electron chi connectivity index (χ2n) is 4.24. The van der Waals surface area contributed by atoms with Crippen LogP contribution in [-0.4, -0.2) is 20.6 Å². The van der Waals surface area contributed by atoms with Gasteiger partial charge >= 0.3 is 0 Å². The molecule has 0 atom stereocenters. The third kappa shape index (κ3) is 3.86. The molecule has 21 heavy (non-hydrogen) atoms. The molecule has 0 fully saturated rings. The fourth-order valence-corrected chi connectivity index (χ4v) is 3.25. The smallest absolute Gasteiger partial charge is 0.261 e. The minimum atomic E-state index is -3.70. The van der Waals surface area contributed by atoms with Crippen molar-refractivity contribution in [3.63, 3.8) is 0 Å². The minimum absolute atomic E-state index is 0.0749. The van der Waals surface area contributed by atoms with Crippen LogP contribution < -0.4 is 9.46 Å². The summed E-state index contributed by atoms with van der Waals surface area (Å²) in [4.78, 5) is 0.0749. The number of ether oxygens (including phenoxy) is 1. The molecule has 0 spiro atoms. The summed E-state index contributed by atoms with van der Waals surface area (Å²) >= 11 is 2.14. The van der Waals surface area contributed by atoms with Gasteiger partial charge < -0.3 is 9.84 Å². The minimum Gasteiger partial charge on any atom is -0.496 e. The molecule has 0 saturated carbocycles. The van der Waals surface area contributed by atoms with E-state index in [1.807, 2.05) is 12.1 Å². The summed E-state index contributed by atoms with van der Waals surface area (Å²) in [6.07, 6.45) is 0. The summed E-state index contributed by atoms with van der Waals surface area (Å²) in [5.74, 6) is 0.450. The van der Waals surface area contributed by atoms with Crippen molar-refractivity contribution >= 4 is 38.3 Å². The molecule has 2 aromatic carbocycles. The normalized spacial score (nSPS) is 11.2. The first-order valence-corrected chi connectivity index (χ1v) is 8.58. The largest absolute Gasteiger partial charge is 0.496 e. The van der Waals surface area contributed by atoms with Crippen LogP contribution in [0, 0.1) is 3.57 Å². The standard InChI is InChI=1S/C14H14INO4S/c1-20-14-7-6-13(8-10(14)9-17)21(18,19)16-12-4-2-11(15)3-5-12/h2-8,16-17H,9H2,1H3. The van der Waals surface area contributed by atoms with Crippen LogP contribution in [0.4, 0.5) is 5.69 Å². The van der Waals surface area contributed by atoms with Gasteiger partial charge in [-0.3, -0.25) is 4.72 Å². The van der Waals surface area contributed by atoms with Crippen LogP contribution in [0.5, 0.6) is 5.75 Å². The van der Waals surface area contributed by atoms with E-state index < -0.39 is 10.0 Å².